The Morgan fingerprint density at radius 1 is 1.40 bits per heavy atom. The molecule has 2 rings (SSSR count). The van der Waals surface area contributed by atoms with E-state index in [1.807, 2.05) is 12.1 Å². The van der Waals surface area contributed by atoms with Crippen LogP contribution in [0.4, 0.5) is 5.82 Å². The first-order chi connectivity index (χ1) is 7.38. The van der Waals surface area contributed by atoms with Crippen molar-refractivity contribution in [2.45, 2.75) is 10.1 Å². The van der Waals surface area contributed by atoms with Crippen LogP contribution in [0.25, 0.3) is 0 Å². The molecule has 0 unspecified atom stereocenters. The number of nitrogens with one attached hydrogen (secondary N) is 1. The molecule has 0 aliphatic heterocycles. The number of hydrogen-bond donors (Lipinski definition) is 2. The van der Waals surface area contributed by atoms with Gasteiger partial charge in [0.05, 0.1) is 0 Å². The highest BCUT2D eigenvalue weighted by Gasteiger charge is 1.99. The van der Waals surface area contributed by atoms with Gasteiger partial charge in [0.2, 0.25) is 0 Å². The largest absolute Gasteiger partial charge is 0.308 e. The predicted molar refractivity (Wildman–Crippen MR) is 61.5 cm³/mol. The molecule has 0 aromatic carbocycles. The molecular weight excluding hydrogens is 230 g/mol. The van der Waals surface area contributed by atoms with E-state index in [2.05, 4.69) is 19.8 Å². The van der Waals surface area contributed by atoms with Crippen LogP contribution in [0.5, 0.6) is 0 Å². The van der Waals surface area contributed by atoms with E-state index in [4.69, 9.17) is 5.84 Å². The van der Waals surface area contributed by atoms with Crippen LogP contribution in [0, 0.1) is 0 Å². The fourth-order valence-electron chi connectivity index (χ4n) is 0.967. The van der Waals surface area contributed by atoms with Gasteiger partial charge in [-0.3, -0.25) is 0 Å². The molecule has 0 fully saturated rings. The third kappa shape index (κ3) is 2.88. The highest BCUT2D eigenvalue weighted by molar-refractivity contribution is 8.00. The Bertz CT molecular complexity index is 399. The van der Waals surface area contributed by atoms with Crippen molar-refractivity contribution >= 4 is 29.1 Å². The summed E-state index contributed by atoms with van der Waals surface area (Å²) in [5.74, 6) is 6.72. The zero-order valence-corrected chi connectivity index (χ0v) is 9.38. The minimum absolute atomic E-state index is 0.666. The first kappa shape index (κ1) is 10.3. The molecular formula is C8H9N5S2. The Hall–Kier alpha value is -1.18. The van der Waals surface area contributed by atoms with Crippen LogP contribution in [-0.4, -0.2) is 14.3 Å². The van der Waals surface area contributed by atoms with E-state index in [-0.39, 0.29) is 0 Å². The molecule has 2 aromatic rings. The molecule has 0 saturated heterocycles. The van der Waals surface area contributed by atoms with Gasteiger partial charge in [-0.05, 0) is 23.2 Å². The predicted octanol–water partition coefficient (Wildman–Crippen LogP) is 1.51. The summed E-state index contributed by atoms with van der Waals surface area (Å²) in [5.41, 5.74) is 3.62. The summed E-state index contributed by atoms with van der Waals surface area (Å²) >= 11 is 3.05. The van der Waals surface area contributed by atoms with E-state index in [1.54, 1.807) is 24.3 Å². The van der Waals surface area contributed by atoms with Crippen molar-refractivity contribution < 1.29 is 0 Å². The number of anilines is 1. The summed E-state index contributed by atoms with van der Waals surface area (Å²) in [4.78, 5) is 8.20. The molecule has 0 saturated carbocycles. The van der Waals surface area contributed by atoms with Crippen molar-refractivity contribution in [3.63, 3.8) is 0 Å². The first-order valence-corrected chi connectivity index (χ1v) is 5.95. The standard InChI is InChI=1S/C8H9N5S2/c9-13-7-2-1-6(3-10-7)4-14-8-11-5-12-15-8/h1-3,5H,4,9H2,(H,10,13). The number of nitrogens with zero attached hydrogens (tertiary/aromatic N) is 3. The number of nitrogens with two attached hydrogens (primary N) is 1. The maximum atomic E-state index is 5.22. The van der Waals surface area contributed by atoms with E-state index in [0.29, 0.717) is 5.82 Å². The van der Waals surface area contributed by atoms with E-state index >= 15 is 0 Å². The second kappa shape index (κ2) is 5.06. The topological polar surface area (TPSA) is 76.7 Å². The summed E-state index contributed by atoms with van der Waals surface area (Å²) in [7, 11) is 0. The number of thioether (sulfide) groups is 1. The lowest BCUT2D eigenvalue weighted by Gasteiger charge is -2.00. The van der Waals surface area contributed by atoms with Gasteiger partial charge in [-0.25, -0.2) is 15.8 Å². The van der Waals surface area contributed by atoms with Gasteiger partial charge in [0.15, 0.2) is 4.34 Å². The Morgan fingerprint density at radius 3 is 2.93 bits per heavy atom. The van der Waals surface area contributed by atoms with E-state index in [9.17, 15) is 0 Å². The molecule has 3 N–H and O–H groups in total. The maximum absolute atomic E-state index is 5.22. The molecule has 0 atom stereocenters. The van der Waals surface area contributed by atoms with Crippen molar-refractivity contribution in [1.82, 2.24) is 14.3 Å². The summed E-state index contributed by atoms with van der Waals surface area (Å²) in [5, 5.41) is 0. The number of rotatable bonds is 4. The Morgan fingerprint density at radius 2 is 2.33 bits per heavy atom. The van der Waals surface area contributed by atoms with Crippen molar-refractivity contribution in [3.8, 4) is 0 Å². The second-order valence-corrected chi connectivity index (χ2v) is 4.69. The molecule has 2 heterocycles. The fraction of sp³-hybridized carbons (Fsp3) is 0.125. The molecule has 0 aliphatic rings. The van der Waals surface area contributed by atoms with E-state index in [1.165, 1.54) is 11.5 Å². The zero-order valence-electron chi connectivity index (χ0n) is 7.75. The lowest BCUT2D eigenvalue weighted by atomic mass is 10.3. The smallest absolute Gasteiger partial charge is 0.170 e. The molecule has 7 heteroatoms. The third-order valence-corrected chi connectivity index (χ3v) is 3.54. The fourth-order valence-corrected chi connectivity index (χ4v) is 2.34. The second-order valence-electron chi connectivity index (χ2n) is 2.69. The van der Waals surface area contributed by atoms with Crippen LogP contribution < -0.4 is 11.3 Å². The molecule has 0 amide bonds. The van der Waals surface area contributed by atoms with E-state index in [0.717, 1.165) is 15.7 Å². The minimum atomic E-state index is 0.666. The van der Waals surface area contributed by atoms with Gasteiger partial charge in [-0.1, -0.05) is 17.8 Å². The molecule has 0 aliphatic carbocycles. The Balaban J connectivity index is 1.93. The average molecular weight is 239 g/mol. The van der Waals surface area contributed by atoms with Crippen molar-refractivity contribution in [2.75, 3.05) is 5.43 Å². The molecule has 2 aromatic heterocycles. The van der Waals surface area contributed by atoms with Crippen LogP contribution in [0.15, 0.2) is 29.0 Å². The lowest BCUT2D eigenvalue weighted by molar-refractivity contribution is 1.18. The molecule has 0 spiro atoms. The van der Waals surface area contributed by atoms with Crippen LogP contribution in [0.2, 0.25) is 0 Å². The molecule has 0 bridgehead atoms. The maximum Gasteiger partial charge on any atom is 0.170 e. The quantitative estimate of drug-likeness (QED) is 0.478. The molecule has 15 heavy (non-hydrogen) atoms. The molecule has 78 valence electrons. The summed E-state index contributed by atoms with van der Waals surface area (Å²) < 4.78 is 4.90. The van der Waals surface area contributed by atoms with Crippen molar-refractivity contribution in [1.29, 1.82) is 0 Å². The number of hydrazine groups is 1. The monoisotopic (exact) mass is 239 g/mol. The SMILES string of the molecule is NNc1ccc(CSc2ncns2)cn1. The van der Waals surface area contributed by atoms with Crippen LogP contribution in [-0.2, 0) is 5.75 Å². The number of aromatic nitrogens is 3. The number of hydrogen-bond acceptors (Lipinski definition) is 7. The zero-order chi connectivity index (χ0) is 10.5. The molecule has 0 radical (unpaired) electrons. The third-order valence-electron chi connectivity index (χ3n) is 1.68. The van der Waals surface area contributed by atoms with Crippen LogP contribution in [0.3, 0.4) is 0 Å². The van der Waals surface area contributed by atoms with Crippen molar-refractivity contribution in [3.05, 3.63) is 30.2 Å². The first-order valence-electron chi connectivity index (χ1n) is 4.19. The normalized spacial score (nSPS) is 10.2. The number of nitrogen functional groups attached to an aromatic ring is 1. The van der Waals surface area contributed by atoms with Crippen molar-refractivity contribution in [2.24, 2.45) is 5.84 Å². The highest BCUT2D eigenvalue weighted by Crippen LogP contribution is 2.22. The van der Waals surface area contributed by atoms with Gasteiger partial charge in [-0.15, -0.1) is 0 Å². The minimum Gasteiger partial charge on any atom is -0.308 e. The lowest BCUT2D eigenvalue weighted by Crippen LogP contribution is -2.08. The summed E-state index contributed by atoms with van der Waals surface area (Å²) in [6.07, 6.45) is 3.36. The average Bonchev–Trinajstić information content (AvgIpc) is 2.80. The molecule has 5 nitrogen and oxygen atoms in total. The van der Waals surface area contributed by atoms with Gasteiger partial charge in [0, 0.05) is 11.9 Å². The van der Waals surface area contributed by atoms with Gasteiger partial charge in [0.25, 0.3) is 0 Å². The summed E-state index contributed by atoms with van der Waals surface area (Å²) in [6.45, 7) is 0. The Kier molecular flexibility index (Phi) is 3.49. The van der Waals surface area contributed by atoms with Gasteiger partial charge < -0.3 is 5.43 Å². The number of pyridine rings is 1. The van der Waals surface area contributed by atoms with Gasteiger partial charge in [-0.2, -0.15) is 4.37 Å². The van der Waals surface area contributed by atoms with E-state index < -0.39 is 0 Å². The van der Waals surface area contributed by atoms with Gasteiger partial charge >= 0.3 is 0 Å². The highest BCUT2D eigenvalue weighted by atomic mass is 32.2. The summed E-state index contributed by atoms with van der Waals surface area (Å²) in [6, 6.07) is 3.83. The van der Waals surface area contributed by atoms with Crippen LogP contribution in [0.1, 0.15) is 5.56 Å². The van der Waals surface area contributed by atoms with Gasteiger partial charge in [0.1, 0.15) is 12.1 Å². The Labute approximate surface area is 95.3 Å². The van der Waals surface area contributed by atoms with Crippen LogP contribution >= 0.6 is 23.3 Å².